The van der Waals surface area contributed by atoms with Gasteiger partial charge in [-0.05, 0) is 112 Å². The Hall–Kier alpha value is -6.05. The van der Waals surface area contributed by atoms with Crippen LogP contribution in [-0.4, -0.2) is 133 Å². The summed E-state index contributed by atoms with van der Waals surface area (Å²) in [4.78, 5) is 104. The van der Waals surface area contributed by atoms with Gasteiger partial charge in [0.25, 0.3) is 5.91 Å². The Morgan fingerprint density at radius 2 is 1.32 bits per heavy atom. The number of nitrogens with zero attached hydrogens (tertiary/aromatic N) is 3. The van der Waals surface area contributed by atoms with Crippen LogP contribution in [0, 0.1) is 22.5 Å². The number of hydrogen-bond donors (Lipinski definition) is 6. The number of fused-ring (bicyclic) bond motifs is 1. The molecule has 3 aliphatic rings. The molecule has 16 nitrogen and oxygen atoms in total. The summed E-state index contributed by atoms with van der Waals surface area (Å²) in [7, 11) is 1.04. The zero-order chi connectivity index (χ0) is 56.2. The number of likely N-dealkylation sites (N-methyl/N-ethyl adjacent to an activating group) is 2. The fraction of sp³-hybridized carbons (Fsp3) is 0.561. The highest BCUT2D eigenvalue weighted by Crippen LogP contribution is 2.36. The van der Waals surface area contributed by atoms with E-state index in [2.05, 4.69) is 51.1 Å². The summed E-state index contributed by atoms with van der Waals surface area (Å²) in [5.74, 6) is -5.08. The van der Waals surface area contributed by atoms with E-state index >= 15 is 9.18 Å². The zero-order valence-corrected chi connectivity index (χ0v) is 47.7. The minimum atomic E-state index is -2.25. The highest BCUT2D eigenvalue weighted by Gasteiger charge is 2.51. The molecule has 2 fully saturated rings. The van der Waals surface area contributed by atoms with Gasteiger partial charge in [-0.15, -0.1) is 0 Å². The van der Waals surface area contributed by atoms with Crippen molar-refractivity contribution in [3.05, 3.63) is 106 Å². The highest BCUT2D eigenvalue weighted by molar-refractivity contribution is 6.79. The van der Waals surface area contributed by atoms with Gasteiger partial charge in [0.15, 0.2) is 11.6 Å². The van der Waals surface area contributed by atoms with E-state index in [-0.39, 0.29) is 54.4 Å². The molecule has 2 aliphatic heterocycles. The molecule has 0 bridgehead atoms. The molecule has 6 N–H and O–H groups in total. The summed E-state index contributed by atoms with van der Waals surface area (Å²) in [5, 5.41) is 17.9. The molecule has 9 atom stereocenters. The number of halogens is 2. The molecule has 0 spiro atoms. The summed E-state index contributed by atoms with van der Waals surface area (Å²) in [6, 6.07) is 11.7. The molecular weight excluding hydrogens is 989 g/mol. The molecule has 0 saturated carbocycles. The quantitative estimate of drug-likeness (QED) is 0.0921. The fourth-order valence-electron chi connectivity index (χ4n) is 10.6. The van der Waals surface area contributed by atoms with Crippen LogP contribution in [0.2, 0.25) is 19.1 Å². The van der Waals surface area contributed by atoms with Crippen molar-refractivity contribution in [3.8, 4) is 0 Å². The van der Waals surface area contributed by atoms with Crippen LogP contribution in [-0.2, 0) is 41.7 Å². The van der Waals surface area contributed by atoms with Crippen molar-refractivity contribution in [2.75, 3.05) is 26.8 Å². The van der Waals surface area contributed by atoms with E-state index in [9.17, 15) is 33.2 Å². The summed E-state index contributed by atoms with van der Waals surface area (Å²) in [6.45, 7) is 20.1. The van der Waals surface area contributed by atoms with Gasteiger partial charge in [-0.3, -0.25) is 33.6 Å². The first-order valence-electron chi connectivity index (χ1n) is 26.6. The topological polar surface area (TPSA) is 201 Å². The van der Waals surface area contributed by atoms with Gasteiger partial charge in [-0.2, -0.15) is 0 Å². The third-order valence-electron chi connectivity index (χ3n) is 15.4. The van der Waals surface area contributed by atoms with E-state index in [1.165, 1.54) is 21.9 Å². The normalized spacial score (nSPS) is 21.3. The summed E-state index contributed by atoms with van der Waals surface area (Å²) in [6.07, 6.45) is 2.95. The number of carbonyl (C=O) groups is 7. The van der Waals surface area contributed by atoms with Crippen LogP contribution in [0.25, 0.3) is 0 Å². The van der Waals surface area contributed by atoms with Gasteiger partial charge in [0.2, 0.25) is 35.4 Å². The van der Waals surface area contributed by atoms with E-state index in [4.69, 9.17) is 0 Å². The van der Waals surface area contributed by atoms with E-state index in [0.29, 0.717) is 17.8 Å². The van der Waals surface area contributed by atoms with Crippen molar-refractivity contribution in [2.45, 2.75) is 168 Å². The second-order valence-electron chi connectivity index (χ2n) is 24.0. The average molecular weight is 1070 g/mol. The van der Waals surface area contributed by atoms with E-state index in [1.54, 1.807) is 64.0 Å². The van der Waals surface area contributed by atoms with Crippen molar-refractivity contribution in [1.82, 2.24) is 46.6 Å². The van der Waals surface area contributed by atoms with Gasteiger partial charge in [-0.25, -0.2) is 8.78 Å². The van der Waals surface area contributed by atoms with Crippen LogP contribution in [0.1, 0.15) is 126 Å². The molecule has 414 valence electrons. The van der Waals surface area contributed by atoms with E-state index in [0.717, 1.165) is 36.5 Å². The van der Waals surface area contributed by atoms with E-state index in [1.807, 2.05) is 59.7 Å². The van der Waals surface area contributed by atoms with Gasteiger partial charge < -0.3 is 46.6 Å². The predicted octanol–water partition coefficient (Wildman–Crippen LogP) is 5.68. The van der Waals surface area contributed by atoms with Crippen molar-refractivity contribution < 1.29 is 42.3 Å². The van der Waals surface area contributed by atoms with Gasteiger partial charge in [0.05, 0.1) is 32.2 Å². The Morgan fingerprint density at radius 1 is 0.737 bits per heavy atom. The molecule has 0 radical (unpaired) electrons. The lowest BCUT2D eigenvalue weighted by Crippen LogP contribution is -2.60. The molecule has 6 rings (SSSR count). The molecule has 0 aromatic heterocycles. The summed E-state index contributed by atoms with van der Waals surface area (Å²) in [5.41, 5.74) is 1.46. The van der Waals surface area contributed by atoms with Crippen molar-refractivity contribution in [3.63, 3.8) is 0 Å². The van der Waals surface area contributed by atoms with Gasteiger partial charge in [0, 0.05) is 36.4 Å². The van der Waals surface area contributed by atoms with Gasteiger partial charge >= 0.3 is 0 Å². The molecule has 7 amide bonds. The fourth-order valence-corrected chi connectivity index (χ4v) is 13.5. The maximum absolute atomic E-state index is 15.6. The smallest absolute Gasteiger partial charge is 0.251 e. The molecule has 3 aromatic carbocycles. The second-order valence-corrected chi connectivity index (χ2v) is 29.1. The molecule has 1 aliphatic carbocycles. The average Bonchev–Trinajstić information content (AvgIpc) is 3.96. The standard InChI is InChI=1S/C57H81F2N9O7Si/c1-33(60-10)49(69)64-47(56(4,5)6)54(74)67-30-39(28-44(67)52(72)63-43-23-16-19-37-18-14-15-20-41(37)43)62-51(71)38-26-24-36(25-27-38)29-66(35(3)40-21-17-22-42(58)46(40)59)53(73)45-31-76(12,13)32-68(45)55(75)48(57(7,8)9)65-50(70)34(2)61-11/h14-15,17-18,20-22,24-27,33-35,39,43-45,47-48,60-61H,16,19,23,28-32H2,1-13H3,(H,62,71)(H,63,72)(H,64,69)(H,65,70)/t33-,34-,35+,39-,43+,44-,45-,47+,48+/m0/s1. The molecule has 76 heavy (non-hydrogen) atoms. The van der Waals surface area contributed by atoms with Crippen LogP contribution < -0.4 is 31.9 Å². The van der Waals surface area contributed by atoms with Gasteiger partial charge in [-0.1, -0.05) is 103 Å². The Morgan fingerprint density at radius 3 is 1.89 bits per heavy atom. The Kier molecular flexibility index (Phi) is 18.8. The van der Waals surface area contributed by atoms with E-state index < -0.39 is 103 Å². The third-order valence-corrected chi connectivity index (χ3v) is 18.1. The number of carbonyl (C=O) groups excluding carboxylic acids is 7. The van der Waals surface area contributed by atoms with Crippen LogP contribution in [0.3, 0.4) is 0 Å². The summed E-state index contributed by atoms with van der Waals surface area (Å²) < 4.78 is 30.5. The van der Waals surface area contributed by atoms with Gasteiger partial charge in [0.1, 0.15) is 24.2 Å². The molecular formula is C57H81F2N9O7Si. The number of hydrogen-bond acceptors (Lipinski definition) is 9. The monoisotopic (exact) mass is 1070 g/mol. The Labute approximate surface area is 448 Å². The number of nitrogens with one attached hydrogen (secondary N) is 6. The molecule has 0 unspecified atom stereocenters. The minimum Gasteiger partial charge on any atom is -0.347 e. The first-order valence-corrected chi connectivity index (χ1v) is 30.1. The zero-order valence-electron chi connectivity index (χ0n) is 46.7. The van der Waals surface area contributed by atoms with Crippen LogP contribution >= 0.6 is 0 Å². The number of amides is 7. The number of likely N-dealkylation sites (tertiary alicyclic amines) is 1. The number of rotatable bonds is 17. The van der Waals surface area contributed by atoms with Crippen molar-refractivity contribution in [2.24, 2.45) is 10.8 Å². The van der Waals surface area contributed by atoms with Crippen LogP contribution in [0.5, 0.6) is 0 Å². The van der Waals surface area contributed by atoms with Crippen molar-refractivity contribution in [1.29, 1.82) is 0 Å². The lowest BCUT2D eigenvalue weighted by atomic mass is 9.85. The maximum atomic E-state index is 15.6. The minimum absolute atomic E-state index is 0.00405. The Balaban J connectivity index is 1.26. The Bertz CT molecular complexity index is 2640. The molecule has 3 aromatic rings. The lowest BCUT2D eigenvalue weighted by molar-refractivity contribution is -0.148. The number of aryl methyl sites for hydroxylation is 1. The summed E-state index contributed by atoms with van der Waals surface area (Å²) >= 11 is 0. The predicted molar refractivity (Wildman–Crippen MR) is 291 cm³/mol. The van der Waals surface area contributed by atoms with Crippen LogP contribution in [0.15, 0.2) is 66.7 Å². The first-order chi connectivity index (χ1) is 35.6. The molecule has 2 saturated heterocycles. The lowest BCUT2D eigenvalue weighted by Gasteiger charge is -2.38. The SMILES string of the molecule is CN[C@@H](C)C(=O)N[C@H](C(=O)N1C[C@@H](NC(=O)c2ccc(CN(C(=O)[C@@H]3C[Si](C)(C)CN3C(=O)[C@@H](NC(=O)[C@H](C)NC)C(C)(C)C)[C@H](C)c3cccc(F)c3F)cc2)C[C@H]1C(=O)N[C@@H]1CCCc2ccccc21)C(C)(C)C. The molecule has 2 heterocycles. The molecule has 19 heteroatoms. The largest absolute Gasteiger partial charge is 0.347 e. The second kappa shape index (κ2) is 24.1. The third kappa shape index (κ3) is 13.7. The number of benzene rings is 3. The highest BCUT2D eigenvalue weighted by atomic mass is 28.3. The van der Waals surface area contributed by atoms with Crippen molar-refractivity contribution >= 4 is 49.4 Å². The maximum Gasteiger partial charge on any atom is 0.251 e. The van der Waals surface area contributed by atoms with Crippen LogP contribution in [0.4, 0.5) is 8.78 Å². The first kappa shape index (κ1) is 59.2.